The molecule has 0 atom stereocenters. The summed E-state index contributed by atoms with van der Waals surface area (Å²) in [6.45, 7) is 1.89. The molecule has 0 fully saturated rings. The number of hydrazone groups is 1. The van der Waals surface area contributed by atoms with Crippen LogP contribution in [0, 0.1) is 6.92 Å². The molecule has 0 aliphatic carbocycles. The number of aryl methyl sites for hydroxylation is 1. The van der Waals surface area contributed by atoms with Gasteiger partial charge >= 0.3 is 0 Å². The molecule has 4 aromatic rings. The van der Waals surface area contributed by atoms with Crippen molar-refractivity contribution in [1.29, 1.82) is 0 Å². The molecule has 0 unspecified atom stereocenters. The molecule has 1 heterocycles. The minimum Gasteiger partial charge on any atom is -0.289 e. The van der Waals surface area contributed by atoms with Crippen LogP contribution >= 0.6 is 23.2 Å². The highest BCUT2D eigenvalue weighted by atomic mass is 35.5. The number of pyridine rings is 1. The van der Waals surface area contributed by atoms with Gasteiger partial charge in [-0.25, -0.2) is 0 Å². The maximum atomic E-state index is 12.6. The van der Waals surface area contributed by atoms with Gasteiger partial charge in [0, 0.05) is 39.5 Å². The molecule has 0 bridgehead atoms. The van der Waals surface area contributed by atoms with Crippen LogP contribution in [0.1, 0.15) is 38.3 Å². The molecule has 6 heteroatoms. The lowest BCUT2D eigenvalue weighted by atomic mass is 10.00. The third kappa shape index (κ3) is 5.86. The van der Waals surface area contributed by atoms with Crippen LogP contribution in [0.15, 0.2) is 90.2 Å². The number of hydrogen-bond acceptors (Lipinski definition) is 4. The van der Waals surface area contributed by atoms with Crippen LogP contribution in [0.3, 0.4) is 0 Å². The monoisotopic (exact) mass is 473 g/mol. The molecule has 33 heavy (non-hydrogen) atoms. The molecule has 0 saturated carbocycles. The van der Waals surface area contributed by atoms with Gasteiger partial charge in [0.05, 0.1) is 11.9 Å². The van der Waals surface area contributed by atoms with E-state index in [1.54, 1.807) is 30.6 Å². The molecule has 0 saturated heterocycles. The number of carbonyl (C=O) groups is 1. The third-order valence-corrected chi connectivity index (χ3v) is 5.79. The van der Waals surface area contributed by atoms with Gasteiger partial charge in [0.25, 0.3) is 0 Å². The van der Waals surface area contributed by atoms with Crippen molar-refractivity contribution in [2.75, 3.05) is 5.43 Å². The van der Waals surface area contributed by atoms with E-state index in [-0.39, 0.29) is 5.78 Å². The Hall–Kier alpha value is -3.47. The number of nitrogens with one attached hydrogen (secondary N) is 1. The van der Waals surface area contributed by atoms with Gasteiger partial charge in [0.2, 0.25) is 0 Å². The van der Waals surface area contributed by atoms with Gasteiger partial charge in [-0.05, 0) is 47.9 Å². The fourth-order valence-electron chi connectivity index (χ4n) is 3.30. The van der Waals surface area contributed by atoms with E-state index >= 15 is 0 Å². The molecule has 3 aromatic carbocycles. The van der Waals surface area contributed by atoms with Gasteiger partial charge in [-0.2, -0.15) is 5.10 Å². The van der Waals surface area contributed by atoms with Gasteiger partial charge in [0.1, 0.15) is 0 Å². The van der Waals surface area contributed by atoms with Gasteiger partial charge < -0.3 is 0 Å². The SMILES string of the molecule is Cc1ccc(C(=O)c2ccc(Cc3c(Cl)cc(N/N=C/c4ccccc4)cc3Cl)cc2)cn1. The van der Waals surface area contributed by atoms with E-state index < -0.39 is 0 Å². The lowest BCUT2D eigenvalue weighted by molar-refractivity contribution is 0.103. The summed E-state index contributed by atoms with van der Waals surface area (Å²) in [5, 5.41) is 5.33. The van der Waals surface area contributed by atoms with E-state index in [4.69, 9.17) is 23.2 Å². The Morgan fingerprint density at radius 2 is 1.61 bits per heavy atom. The lowest BCUT2D eigenvalue weighted by Gasteiger charge is -2.11. The Labute approximate surface area is 202 Å². The van der Waals surface area contributed by atoms with E-state index in [0.29, 0.717) is 33.3 Å². The minimum atomic E-state index is -0.0587. The van der Waals surface area contributed by atoms with E-state index in [1.165, 1.54) is 0 Å². The average Bonchev–Trinajstić information content (AvgIpc) is 2.83. The van der Waals surface area contributed by atoms with Crippen molar-refractivity contribution in [1.82, 2.24) is 4.98 Å². The Bertz CT molecular complexity index is 1260. The van der Waals surface area contributed by atoms with Crippen LogP contribution in [-0.4, -0.2) is 17.0 Å². The summed E-state index contributed by atoms with van der Waals surface area (Å²) in [5.74, 6) is -0.0587. The Kier molecular flexibility index (Phi) is 7.18. The van der Waals surface area contributed by atoms with Crippen molar-refractivity contribution < 1.29 is 4.79 Å². The highest BCUT2D eigenvalue weighted by Gasteiger charge is 2.12. The quantitative estimate of drug-likeness (QED) is 0.179. The summed E-state index contributed by atoms with van der Waals surface area (Å²) < 4.78 is 0. The highest BCUT2D eigenvalue weighted by molar-refractivity contribution is 6.36. The van der Waals surface area contributed by atoms with Crippen LogP contribution in [0.5, 0.6) is 0 Å². The first kappa shape index (κ1) is 22.7. The van der Waals surface area contributed by atoms with Crippen molar-refractivity contribution >= 4 is 40.9 Å². The molecular weight excluding hydrogens is 453 g/mol. The standard InChI is InChI=1S/C27H21Cl2N3O/c1-18-7-10-22(17-30-18)27(33)21-11-8-19(9-12-21)13-24-25(28)14-23(15-26(24)29)32-31-16-20-5-3-2-4-6-20/h2-12,14-17,32H,13H2,1H3/b31-16+. The van der Waals surface area contributed by atoms with Crippen molar-refractivity contribution in [2.45, 2.75) is 13.3 Å². The first-order valence-electron chi connectivity index (χ1n) is 10.4. The summed E-state index contributed by atoms with van der Waals surface area (Å²) in [5.41, 5.74) is 8.52. The number of aromatic nitrogens is 1. The van der Waals surface area contributed by atoms with E-state index in [9.17, 15) is 4.79 Å². The molecular formula is C27H21Cl2N3O. The van der Waals surface area contributed by atoms with Crippen LogP contribution < -0.4 is 5.43 Å². The van der Waals surface area contributed by atoms with Crippen LogP contribution in [0.4, 0.5) is 5.69 Å². The number of nitrogens with zero attached hydrogens (tertiary/aromatic N) is 2. The minimum absolute atomic E-state index is 0.0587. The van der Waals surface area contributed by atoms with Gasteiger partial charge in [-0.1, -0.05) is 77.8 Å². The molecule has 0 radical (unpaired) electrons. The first-order valence-corrected chi connectivity index (χ1v) is 11.1. The first-order chi connectivity index (χ1) is 16.0. The number of anilines is 1. The number of ketones is 1. The predicted molar refractivity (Wildman–Crippen MR) is 136 cm³/mol. The number of halogens is 2. The largest absolute Gasteiger partial charge is 0.289 e. The average molecular weight is 474 g/mol. The van der Waals surface area contributed by atoms with Crippen molar-refractivity contribution in [3.05, 3.63) is 129 Å². The fraction of sp³-hybridized carbons (Fsp3) is 0.0741. The summed E-state index contributed by atoms with van der Waals surface area (Å²) >= 11 is 13.0. The zero-order valence-corrected chi connectivity index (χ0v) is 19.4. The predicted octanol–water partition coefficient (Wildman–Crippen LogP) is 6.96. The Morgan fingerprint density at radius 1 is 0.939 bits per heavy atom. The van der Waals surface area contributed by atoms with E-state index in [1.807, 2.05) is 67.6 Å². The molecule has 0 spiro atoms. The van der Waals surface area contributed by atoms with Crippen LogP contribution in [0.2, 0.25) is 10.0 Å². The zero-order valence-electron chi connectivity index (χ0n) is 17.9. The molecule has 0 amide bonds. The lowest BCUT2D eigenvalue weighted by Crippen LogP contribution is -2.02. The van der Waals surface area contributed by atoms with Crippen molar-refractivity contribution in [3.8, 4) is 0 Å². The normalized spacial score (nSPS) is 11.0. The molecule has 1 N–H and O–H groups in total. The maximum absolute atomic E-state index is 12.6. The number of benzene rings is 3. The van der Waals surface area contributed by atoms with Crippen LogP contribution in [-0.2, 0) is 6.42 Å². The van der Waals surface area contributed by atoms with Gasteiger partial charge in [-0.15, -0.1) is 0 Å². The third-order valence-electron chi connectivity index (χ3n) is 5.12. The second-order valence-electron chi connectivity index (χ2n) is 7.59. The van der Waals surface area contributed by atoms with Crippen molar-refractivity contribution in [3.63, 3.8) is 0 Å². The molecule has 4 rings (SSSR count). The summed E-state index contributed by atoms with van der Waals surface area (Å²) in [4.78, 5) is 16.8. The van der Waals surface area contributed by atoms with Crippen LogP contribution in [0.25, 0.3) is 0 Å². The van der Waals surface area contributed by atoms with Gasteiger partial charge in [0.15, 0.2) is 5.78 Å². The maximum Gasteiger partial charge on any atom is 0.194 e. The molecule has 0 aliphatic heterocycles. The Balaban J connectivity index is 1.44. The van der Waals surface area contributed by atoms with E-state index in [0.717, 1.165) is 22.4 Å². The second-order valence-corrected chi connectivity index (χ2v) is 8.40. The number of carbonyl (C=O) groups excluding carboxylic acids is 1. The molecule has 164 valence electrons. The topological polar surface area (TPSA) is 54.4 Å². The number of hydrogen-bond donors (Lipinski definition) is 1. The highest BCUT2D eigenvalue weighted by Crippen LogP contribution is 2.31. The van der Waals surface area contributed by atoms with Gasteiger partial charge in [-0.3, -0.25) is 15.2 Å². The molecule has 0 aliphatic rings. The summed E-state index contributed by atoms with van der Waals surface area (Å²) in [6, 6.07) is 24.5. The Morgan fingerprint density at radius 3 is 2.24 bits per heavy atom. The summed E-state index contributed by atoms with van der Waals surface area (Å²) in [6.07, 6.45) is 3.88. The second kappa shape index (κ2) is 10.4. The zero-order chi connectivity index (χ0) is 23.2. The molecule has 1 aromatic heterocycles. The summed E-state index contributed by atoms with van der Waals surface area (Å²) in [7, 11) is 0. The number of rotatable bonds is 7. The molecule has 4 nitrogen and oxygen atoms in total. The smallest absolute Gasteiger partial charge is 0.194 e. The van der Waals surface area contributed by atoms with Crippen molar-refractivity contribution in [2.24, 2.45) is 5.10 Å². The fourth-order valence-corrected chi connectivity index (χ4v) is 3.92. The van der Waals surface area contributed by atoms with E-state index in [2.05, 4.69) is 15.5 Å².